The predicted octanol–water partition coefficient (Wildman–Crippen LogP) is 3.54. The summed E-state index contributed by atoms with van der Waals surface area (Å²) in [6.45, 7) is 6.14. The Morgan fingerprint density at radius 1 is 1.23 bits per heavy atom. The van der Waals surface area contributed by atoms with Crippen molar-refractivity contribution in [1.82, 2.24) is 4.98 Å². The summed E-state index contributed by atoms with van der Waals surface area (Å²) in [5.74, 6) is 0.710. The van der Waals surface area contributed by atoms with Crippen LogP contribution in [0.3, 0.4) is 0 Å². The lowest BCUT2D eigenvalue weighted by Crippen LogP contribution is -2.19. The molecular formula is C17H20N2O2S. The summed E-state index contributed by atoms with van der Waals surface area (Å²) >= 11 is 0. The average Bonchev–Trinajstić information content (AvgIpc) is 2.51. The van der Waals surface area contributed by atoms with Crippen molar-refractivity contribution in [3.05, 3.63) is 59.9 Å². The first-order valence-corrected chi connectivity index (χ1v) is 8.15. The van der Waals surface area contributed by atoms with Crippen molar-refractivity contribution in [2.24, 2.45) is 4.40 Å². The smallest absolute Gasteiger partial charge is 0.144 e. The van der Waals surface area contributed by atoms with Gasteiger partial charge >= 0.3 is 0 Å². The predicted molar refractivity (Wildman–Crippen MR) is 90.5 cm³/mol. The highest BCUT2D eigenvalue weighted by molar-refractivity contribution is 7.85. The molecule has 0 bridgehead atoms. The molecule has 0 aliphatic heterocycles. The second-order valence-corrected chi connectivity index (χ2v) is 7.72. The summed E-state index contributed by atoms with van der Waals surface area (Å²) in [5, 5.41) is 0. The number of nitrogens with zero attached hydrogens (tertiary/aromatic N) is 2. The minimum Gasteiger partial charge on any atom is -0.489 e. The molecule has 4 nitrogen and oxygen atoms in total. The van der Waals surface area contributed by atoms with Crippen LogP contribution in [0.15, 0.2) is 53.1 Å². The molecule has 0 unspecified atom stereocenters. The van der Waals surface area contributed by atoms with Crippen LogP contribution in [0.1, 0.15) is 32.0 Å². The van der Waals surface area contributed by atoms with Crippen LogP contribution >= 0.6 is 0 Å². The first-order chi connectivity index (χ1) is 10.4. The van der Waals surface area contributed by atoms with Gasteiger partial charge in [-0.3, -0.25) is 4.98 Å². The van der Waals surface area contributed by atoms with Gasteiger partial charge in [-0.25, -0.2) is 4.21 Å². The van der Waals surface area contributed by atoms with E-state index in [0.29, 0.717) is 18.1 Å². The number of pyridine rings is 1. The van der Waals surface area contributed by atoms with E-state index in [4.69, 9.17) is 4.74 Å². The fourth-order valence-electron chi connectivity index (χ4n) is 1.59. The third-order valence-corrected chi connectivity index (χ3v) is 4.15. The second-order valence-electron chi connectivity index (χ2n) is 5.79. The molecule has 0 spiro atoms. The maximum atomic E-state index is 11.9. The molecule has 116 valence electrons. The number of ether oxygens (including phenoxy) is 1. The van der Waals surface area contributed by atoms with Crippen LogP contribution in [0.2, 0.25) is 0 Å². The molecule has 0 saturated carbocycles. The van der Waals surface area contributed by atoms with Gasteiger partial charge in [0.1, 0.15) is 23.3 Å². The molecule has 5 heteroatoms. The fourth-order valence-corrected chi connectivity index (χ4v) is 2.11. The van der Waals surface area contributed by atoms with E-state index < -0.39 is 11.0 Å². The van der Waals surface area contributed by atoms with Crippen LogP contribution in [0.4, 0.5) is 0 Å². The lowest BCUT2D eigenvalue weighted by molar-refractivity contribution is 0.306. The molecule has 1 aromatic heterocycles. The summed E-state index contributed by atoms with van der Waals surface area (Å²) in [5.41, 5.74) is 1.73. The Morgan fingerprint density at radius 2 is 1.95 bits per heavy atom. The number of hydrogen-bond donors (Lipinski definition) is 0. The van der Waals surface area contributed by atoms with Gasteiger partial charge in [-0.15, -0.1) is 0 Å². The minimum absolute atomic E-state index is 0.377. The third kappa shape index (κ3) is 5.07. The number of benzene rings is 1. The molecule has 0 saturated heterocycles. The Bertz CT molecular complexity index is 664. The summed E-state index contributed by atoms with van der Waals surface area (Å²) in [6.07, 6.45) is 3.18. The Kier molecular flexibility index (Phi) is 5.44. The van der Waals surface area contributed by atoms with Crippen molar-refractivity contribution < 1.29 is 8.95 Å². The molecule has 1 atom stereocenters. The van der Waals surface area contributed by atoms with Gasteiger partial charge in [-0.2, -0.15) is 4.40 Å². The lowest BCUT2D eigenvalue weighted by atomic mass is 10.2. The van der Waals surface area contributed by atoms with E-state index in [-0.39, 0.29) is 4.75 Å². The molecule has 1 heterocycles. The van der Waals surface area contributed by atoms with Gasteiger partial charge in [0.2, 0.25) is 0 Å². The second kappa shape index (κ2) is 7.31. The maximum Gasteiger partial charge on any atom is 0.144 e. The van der Waals surface area contributed by atoms with Gasteiger partial charge < -0.3 is 4.74 Å². The SMILES string of the molecule is CC(C)(C)[S@](=O)N=Cc1cc(OCc2ccccc2)ccn1. The van der Waals surface area contributed by atoms with Crippen molar-refractivity contribution in [3.63, 3.8) is 0 Å². The van der Waals surface area contributed by atoms with Crippen LogP contribution in [0.25, 0.3) is 0 Å². The van der Waals surface area contributed by atoms with Crippen molar-refractivity contribution >= 4 is 17.2 Å². The van der Waals surface area contributed by atoms with E-state index in [9.17, 15) is 4.21 Å². The summed E-state index contributed by atoms with van der Waals surface area (Å²) in [4.78, 5) is 4.18. The zero-order valence-corrected chi connectivity index (χ0v) is 13.8. The zero-order valence-electron chi connectivity index (χ0n) is 13.0. The quantitative estimate of drug-likeness (QED) is 0.793. The number of aromatic nitrogens is 1. The van der Waals surface area contributed by atoms with Crippen LogP contribution in [0.5, 0.6) is 5.75 Å². The molecule has 2 rings (SSSR count). The number of hydrogen-bond acceptors (Lipinski definition) is 3. The van der Waals surface area contributed by atoms with Gasteiger partial charge in [0, 0.05) is 12.3 Å². The molecule has 0 aliphatic carbocycles. The summed E-state index contributed by atoms with van der Waals surface area (Å²) < 4.78 is 21.3. The molecule has 0 radical (unpaired) electrons. The van der Waals surface area contributed by atoms with Gasteiger partial charge in [-0.05, 0) is 32.4 Å². The Hall–Kier alpha value is -2.01. The van der Waals surface area contributed by atoms with Crippen molar-refractivity contribution in [3.8, 4) is 5.75 Å². The maximum absolute atomic E-state index is 11.9. The summed E-state index contributed by atoms with van der Waals surface area (Å²) in [6, 6.07) is 13.5. The van der Waals surface area contributed by atoms with Crippen LogP contribution in [-0.4, -0.2) is 20.2 Å². The number of rotatable bonds is 5. The van der Waals surface area contributed by atoms with E-state index in [1.807, 2.05) is 51.1 Å². The van der Waals surface area contributed by atoms with E-state index in [1.54, 1.807) is 18.3 Å². The van der Waals surface area contributed by atoms with E-state index in [0.717, 1.165) is 5.56 Å². The largest absolute Gasteiger partial charge is 0.489 e. The molecule has 0 aliphatic rings. The first-order valence-electron chi connectivity index (χ1n) is 7.04. The zero-order chi connectivity index (χ0) is 16.0. The van der Waals surface area contributed by atoms with Crippen LogP contribution < -0.4 is 4.74 Å². The van der Waals surface area contributed by atoms with Crippen LogP contribution in [0, 0.1) is 0 Å². The van der Waals surface area contributed by atoms with Gasteiger partial charge in [0.15, 0.2) is 0 Å². The Balaban J connectivity index is 2.01. The topological polar surface area (TPSA) is 51.5 Å². The van der Waals surface area contributed by atoms with Crippen molar-refractivity contribution in [1.29, 1.82) is 0 Å². The highest BCUT2D eigenvalue weighted by Crippen LogP contribution is 2.14. The fraction of sp³-hybridized carbons (Fsp3) is 0.294. The van der Waals surface area contributed by atoms with E-state index in [2.05, 4.69) is 9.38 Å². The highest BCUT2D eigenvalue weighted by atomic mass is 32.2. The molecule has 22 heavy (non-hydrogen) atoms. The molecule has 2 aromatic rings. The molecule has 1 aromatic carbocycles. The van der Waals surface area contributed by atoms with Gasteiger partial charge in [-0.1, -0.05) is 30.3 Å². The first kappa shape index (κ1) is 16.4. The normalized spacial score (nSPS) is 13.2. The minimum atomic E-state index is -1.29. The Morgan fingerprint density at radius 3 is 2.64 bits per heavy atom. The lowest BCUT2D eigenvalue weighted by Gasteiger charge is -2.12. The molecular weight excluding hydrogens is 296 g/mol. The molecule has 0 fully saturated rings. The van der Waals surface area contributed by atoms with Gasteiger partial charge in [0.05, 0.1) is 16.7 Å². The van der Waals surface area contributed by atoms with E-state index in [1.165, 1.54) is 6.21 Å². The Labute approximate surface area is 133 Å². The standard InChI is InChI=1S/C17H20N2O2S/c1-17(2,3)22(20)19-12-15-11-16(9-10-18-15)21-13-14-7-5-4-6-8-14/h4-12H,13H2,1-3H3/t22-/m0/s1. The monoisotopic (exact) mass is 316 g/mol. The van der Waals surface area contributed by atoms with Crippen molar-refractivity contribution in [2.45, 2.75) is 32.1 Å². The molecule has 0 amide bonds. The van der Waals surface area contributed by atoms with E-state index >= 15 is 0 Å². The third-order valence-electron chi connectivity index (χ3n) is 2.81. The summed E-state index contributed by atoms with van der Waals surface area (Å²) in [7, 11) is -1.29. The van der Waals surface area contributed by atoms with Crippen LogP contribution in [-0.2, 0) is 17.6 Å². The average molecular weight is 316 g/mol. The van der Waals surface area contributed by atoms with Gasteiger partial charge in [0.25, 0.3) is 0 Å². The van der Waals surface area contributed by atoms with Crippen molar-refractivity contribution in [2.75, 3.05) is 0 Å². The molecule has 0 N–H and O–H groups in total. The highest BCUT2D eigenvalue weighted by Gasteiger charge is 2.18.